The van der Waals surface area contributed by atoms with Gasteiger partial charge in [-0.1, -0.05) is 6.07 Å². The molecule has 1 fully saturated rings. The van der Waals surface area contributed by atoms with Crippen LogP contribution in [0.4, 0.5) is 0 Å². The molecule has 19 heavy (non-hydrogen) atoms. The fraction of sp³-hybridized carbons (Fsp3) is 0.600. The summed E-state index contributed by atoms with van der Waals surface area (Å²) < 4.78 is 12.2. The van der Waals surface area contributed by atoms with E-state index in [1.54, 1.807) is 0 Å². The first-order chi connectivity index (χ1) is 9.26. The lowest BCUT2D eigenvalue weighted by Crippen LogP contribution is -2.31. The predicted octanol–water partition coefficient (Wildman–Crippen LogP) is 3.53. The number of nitrogens with one attached hydrogen (secondary N) is 1. The molecule has 4 heteroatoms. The minimum atomic E-state index is 0.340. The maximum Gasteiger partial charge on any atom is 0.133 e. The molecule has 0 bridgehead atoms. The van der Waals surface area contributed by atoms with Gasteiger partial charge in [0.2, 0.25) is 0 Å². The van der Waals surface area contributed by atoms with Crippen LogP contribution in [0.15, 0.2) is 22.7 Å². The highest BCUT2D eigenvalue weighted by Crippen LogP contribution is 2.33. The summed E-state index contributed by atoms with van der Waals surface area (Å²) in [6, 6.07) is 6.68. The molecule has 0 spiro atoms. The van der Waals surface area contributed by atoms with Gasteiger partial charge in [0.15, 0.2) is 0 Å². The third-order valence-electron chi connectivity index (χ3n) is 3.59. The van der Waals surface area contributed by atoms with E-state index >= 15 is 0 Å². The van der Waals surface area contributed by atoms with Crippen LogP contribution in [0, 0.1) is 5.92 Å². The van der Waals surface area contributed by atoms with E-state index in [4.69, 9.17) is 9.47 Å². The van der Waals surface area contributed by atoms with Crippen molar-refractivity contribution in [2.24, 2.45) is 5.92 Å². The van der Waals surface area contributed by atoms with Crippen LogP contribution in [0.1, 0.15) is 31.4 Å². The molecule has 1 heterocycles. The molecule has 3 nitrogen and oxygen atoms in total. The number of hydrogen-bond donors (Lipinski definition) is 1. The third-order valence-corrected chi connectivity index (χ3v) is 4.21. The first kappa shape index (κ1) is 14.8. The first-order valence-electron chi connectivity index (χ1n) is 6.93. The molecular formula is C15H22BrNO2. The molecule has 1 aromatic rings. The van der Waals surface area contributed by atoms with Crippen molar-refractivity contribution >= 4 is 15.9 Å². The van der Waals surface area contributed by atoms with Crippen molar-refractivity contribution in [1.82, 2.24) is 5.32 Å². The highest BCUT2D eigenvalue weighted by Gasteiger charge is 2.24. The highest BCUT2D eigenvalue weighted by atomic mass is 79.9. The Morgan fingerprint density at radius 1 is 1.53 bits per heavy atom. The second kappa shape index (κ2) is 7.27. The van der Waals surface area contributed by atoms with E-state index in [0.717, 1.165) is 29.9 Å². The maximum atomic E-state index is 5.60. The van der Waals surface area contributed by atoms with Gasteiger partial charge in [0.25, 0.3) is 0 Å². The molecule has 1 N–H and O–H groups in total. The summed E-state index contributed by atoms with van der Waals surface area (Å²) in [5, 5.41) is 3.43. The Bertz CT molecular complexity index is 405. The molecular weight excluding hydrogens is 306 g/mol. The van der Waals surface area contributed by atoms with Gasteiger partial charge in [0.1, 0.15) is 5.75 Å². The average molecular weight is 328 g/mol. The first-order valence-corrected chi connectivity index (χ1v) is 7.72. The van der Waals surface area contributed by atoms with Crippen LogP contribution in [0.25, 0.3) is 0 Å². The molecule has 0 radical (unpaired) electrons. The second-order valence-corrected chi connectivity index (χ2v) is 5.72. The van der Waals surface area contributed by atoms with Crippen LogP contribution in [0.3, 0.4) is 0 Å². The summed E-state index contributed by atoms with van der Waals surface area (Å²) in [5.41, 5.74) is 1.29. The lowest BCUT2D eigenvalue weighted by atomic mass is 9.89. The molecule has 0 amide bonds. The zero-order valence-corrected chi connectivity index (χ0v) is 13.2. The van der Waals surface area contributed by atoms with E-state index in [1.165, 1.54) is 12.0 Å². The fourth-order valence-corrected chi connectivity index (χ4v) is 3.20. The van der Waals surface area contributed by atoms with Gasteiger partial charge in [-0.2, -0.15) is 0 Å². The highest BCUT2D eigenvalue weighted by molar-refractivity contribution is 9.10. The zero-order valence-electron chi connectivity index (χ0n) is 11.6. The predicted molar refractivity (Wildman–Crippen MR) is 80.7 cm³/mol. The molecule has 1 aliphatic rings. The van der Waals surface area contributed by atoms with Crippen LogP contribution in [-0.4, -0.2) is 26.9 Å². The minimum Gasteiger partial charge on any atom is -0.493 e. The van der Waals surface area contributed by atoms with E-state index in [2.05, 4.69) is 33.4 Å². The van der Waals surface area contributed by atoms with Gasteiger partial charge in [-0.15, -0.1) is 0 Å². The SMILES string of the molecule is CCOc1ccc(C(NC)C2CCCOC2)cc1Br. The van der Waals surface area contributed by atoms with E-state index in [9.17, 15) is 0 Å². The van der Waals surface area contributed by atoms with Gasteiger partial charge >= 0.3 is 0 Å². The Kier molecular flexibility index (Phi) is 5.67. The second-order valence-electron chi connectivity index (χ2n) is 4.87. The molecule has 1 saturated heterocycles. The number of ether oxygens (including phenoxy) is 2. The van der Waals surface area contributed by atoms with Crippen LogP contribution < -0.4 is 10.1 Å². The summed E-state index contributed by atoms with van der Waals surface area (Å²) >= 11 is 3.59. The van der Waals surface area contributed by atoms with Crippen LogP contribution >= 0.6 is 15.9 Å². The summed E-state index contributed by atoms with van der Waals surface area (Å²) in [6.45, 7) is 4.43. The van der Waals surface area contributed by atoms with Crippen molar-refractivity contribution in [1.29, 1.82) is 0 Å². The lowest BCUT2D eigenvalue weighted by Gasteiger charge is -2.30. The van der Waals surface area contributed by atoms with Crippen LogP contribution in [0.2, 0.25) is 0 Å². The molecule has 0 aliphatic carbocycles. The lowest BCUT2D eigenvalue weighted by molar-refractivity contribution is 0.0402. The van der Waals surface area contributed by atoms with Crippen molar-refractivity contribution < 1.29 is 9.47 Å². The minimum absolute atomic E-state index is 0.340. The monoisotopic (exact) mass is 327 g/mol. The fourth-order valence-electron chi connectivity index (χ4n) is 2.69. The van der Waals surface area contributed by atoms with Crippen molar-refractivity contribution in [3.05, 3.63) is 28.2 Å². The Morgan fingerprint density at radius 3 is 2.95 bits per heavy atom. The number of hydrogen-bond acceptors (Lipinski definition) is 3. The van der Waals surface area contributed by atoms with Gasteiger partial charge in [0.05, 0.1) is 17.7 Å². The average Bonchev–Trinajstić information content (AvgIpc) is 2.44. The Morgan fingerprint density at radius 2 is 2.37 bits per heavy atom. The number of rotatable bonds is 5. The van der Waals surface area contributed by atoms with Crippen molar-refractivity contribution in [2.45, 2.75) is 25.8 Å². The largest absolute Gasteiger partial charge is 0.493 e. The molecule has 106 valence electrons. The van der Waals surface area contributed by atoms with E-state index in [-0.39, 0.29) is 0 Å². The molecule has 2 unspecified atom stereocenters. The Labute approximate surface area is 123 Å². The zero-order chi connectivity index (χ0) is 13.7. The number of halogens is 1. The maximum absolute atomic E-state index is 5.60. The summed E-state index contributed by atoms with van der Waals surface area (Å²) in [7, 11) is 2.02. The van der Waals surface area contributed by atoms with Crippen LogP contribution in [0.5, 0.6) is 5.75 Å². The molecule has 2 atom stereocenters. The summed E-state index contributed by atoms with van der Waals surface area (Å²) in [6.07, 6.45) is 2.37. The topological polar surface area (TPSA) is 30.5 Å². The van der Waals surface area contributed by atoms with Crippen LogP contribution in [-0.2, 0) is 4.74 Å². The molecule has 2 rings (SSSR count). The molecule has 0 saturated carbocycles. The van der Waals surface area contributed by atoms with Crippen molar-refractivity contribution in [3.63, 3.8) is 0 Å². The summed E-state index contributed by atoms with van der Waals surface area (Å²) in [4.78, 5) is 0. The van der Waals surface area contributed by atoms with Crippen molar-refractivity contribution in [3.8, 4) is 5.75 Å². The van der Waals surface area contributed by atoms with Gasteiger partial charge in [0, 0.05) is 18.6 Å². The standard InChI is InChI=1S/C15H22BrNO2/c1-3-19-14-7-6-11(9-13(14)16)15(17-2)12-5-4-8-18-10-12/h6-7,9,12,15,17H,3-5,8,10H2,1-2H3. The number of benzene rings is 1. The van der Waals surface area contributed by atoms with Gasteiger partial charge in [-0.3, -0.25) is 0 Å². The van der Waals surface area contributed by atoms with E-state index in [0.29, 0.717) is 18.6 Å². The molecule has 1 aromatic carbocycles. The van der Waals surface area contributed by atoms with Gasteiger partial charge < -0.3 is 14.8 Å². The van der Waals surface area contributed by atoms with E-state index in [1.807, 2.05) is 20.0 Å². The normalized spacial score (nSPS) is 21.1. The quantitative estimate of drug-likeness (QED) is 0.897. The Hall–Kier alpha value is -0.580. The third kappa shape index (κ3) is 3.71. The smallest absolute Gasteiger partial charge is 0.133 e. The Balaban J connectivity index is 2.15. The van der Waals surface area contributed by atoms with Crippen molar-refractivity contribution in [2.75, 3.05) is 26.9 Å². The van der Waals surface area contributed by atoms with Gasteiger partial charge in [-0.25, -0.2) is 0 Å². The molecule has 1 aliphatic heterocycles. The van der Waals surface area contributed by atoms with E-state index < -0.39 is 0 Å². The van der Waals surface area contributed by atoms with Gasteiger partial charge in [-0.05, 0) is 60.4 Å². The summed E-state index contributed by atoms with van der Waals surface area (Å²) in [5.74, 6) is 1.45. The molecule has 0 aromatic heterocycles.